The van der Waals surface area contributed by atoms with Crippen LogP contribution in [0, 0.1) is 0 Å². The van der Waals surface area contributed by atoms with Crippen LogP contribution in [0.4, 0.5) is 0 Å². The van der Waals surface area contributed by atoms with Crippen LogP contribution in [0.2, 0.25) is 5.02 Å². The van der Waals surface area contributed by atoms with Crippen molar-refractivity contribution in [2.75, 3.05) is 33.5 Å². The average Bonchev–Trinajstić information content (AvgIpc) is 3.19. The number of thiazole rings is 1. The van der Waals surface area contributed by atoms with E-state index >= 15 is 0 Å². The second-order valence-electron chi connectivity index (χ2n) is 8.33. The van der Waals surface area contributed by atoms with Crippen LogP contribution in [0.15, 0.2) is 63.5 Å². The van der Waals surface area contributed by atoms with Gasteiger partial charge < -0.3 is 18.9 Å². The Morgan fingerprint density at radius 2 is 1.79 bits per heavy atom. The van der Waals surface area contributed by atoms with Gasteiger partial charge in [0.2, 0.25) is 0 Å². The van der Waals surface area contributed by atoms with Gasteiger partial charge in [-0.1, -0.05) is 41.1 Å². The van der Waals surface area contributed by atoms with Crippen molar-refractivity contribution < 1.29 is 23.7 Å². The highest BCUT2D eigenvalue weighted by Gasteiger charge is 2.33. The van der Waals surface area contributed by atoms with Crippen molar-refractivity contribution in [3.8, 4) is 11.5 Å². The van der Waals surface area contributed by atoms with E-state index in [0.717, 1.165) is 11.1 Å². The van der Waals surface area contributed by atoms with Gasteiger partial charge in [0.05, 0.1) is 41.7 Å². The number of methoxy groups -OCH3 is 1. The SMILES string of the molecule is CCOc1ccc(C=c2sc3n(c2=O)C(c2ccc(Cl)cc2)C(C(=O)OCCOC)=C(C)N=3)cc1OCC. The van der Waals surface area contributed by atoms with Crippen molar-refractivity contribution in [2.24, 2.45) is 4.99 Å². The molecule has 0 fully saturated rings. The highest BCUT2D eigenvalue weighted by molar-refractivity contribution is 7.07. The second-order valence-corrected chi connectivity index (χ2v) is 9.78. The third-order valence-electron chi connectivity index (χ3n) is 5.81. The molecule has 10 heteroatoms. The van der Waals surface area contributed by atoms with Crippen LogP contribution in [-0.2, 0) is 14.3 Å². The van der Waals surface area contributed by atoms with Gasteiger partial charge in [-0.25, -0.2) is 9.79 Å². The van der Waals surface area contributed by atoms with Crippen LogP contribution in [0.25, 0.3) is 6.08 Å². The maximum Gasteiger partial charge on any atom is 0.338 e. The summed E-state index contributed by atoms with van der Waals surface area (Å²) >= 11 is 7.38. The van der Waals surface area contributed by atoms with Gasteiger partial charge in [-0.3, -0.25) is 9.36 Å². The van der Waals surface area contributed by atoms with E-state index in [0.29, 0.717) is 50.3 Å². The van der Waals surface area contributed by atoms with E-state index in [2.05, 4.69) is 4.99 Å². The highest BCUT2D eigenvalue weighted by atomic mass is 35.5. The summed E-state index contributed by atoms with van der Waals surface area (Å²) < 4.78 is 23.8. The van der Waals surface area contributed by atoms with E-state index in [1.54, 1.807) is 37.3 Å². The quantitative estimate of drug-likeness (QED) is 0.278. The van der Waals surface area contributed by atoms with Crippen molar-refractivity contribution in [3.05, 3.63) is 89.6 Å². The molecule has 0 spiro atoms. The van der Waals surface area contributed by atoms with Gasteiger partial charge in [-0.05, 0) is 62.2 Å². The molecule has 1 aliphatic heterocycles. The van der Waals surface area contributed by atoms with Crippen molar-refractivity contribution in [1.29, 1.82) is 0 Å². The Labute approximate surface area is 229 Å². The van der Waals surface area contributed by atoms with Crippen molar-refractivity contribution in [1.82, 2.24) is 4.57 Å². The molecule has 1 atom stereocenters. The summed E-state index contributed by atoms with van der Waals surface area (Å²) in [5, 5.41) is 0.548. The molecule has 0 bridgehead atoms. The third-order valence-corrected chi connectivity index (χ3v) is 7.05. The summed E-state index contributed by atoms with van der Waals surface area (Å²) in [6.45, 7) is 6.89. The zero-order valence-corrected chi connectivity index (χ0v) is 23.2. The first-order valence-corrected chi connectivity index (χ1v) is 13.4. The highest BCUT2D eigenvalue weighted by Crippen LogP contribution is 2.32. The van der Waals surface area contributed by atoms with E-state index in [1.807, 2.05) is 32.0 Å². The van der Waals surface area contributed by atoms with Gasteiger partial charge >= 0.3 is 5.97 Å². The lowest BCUT2D eigenvalue weighted by Gasteiger charge is -2.24. The lowest BCUT2D eigenvalue weighted by atomic mass is 9.96. The van der Waals surface area contributed by atoms with E-state index < -0.39 is 12.0 Å². The molecule has 2 heterocycles. The Balaban J connectivity index is 1.84. The molecule has 0 amide bonds. The van der Waals surface area contributed by atoms with Gasteiger partial charge in [0, 0.05) is 12.1 Å². The fourth-order valence-corrected chi connectivity index (χ4v) is 5.32. The van der Waals surface area contributed by atoms with Crippen LogP contribution in [0.5, 0.6) is 11.5 Å². The van der Waals surface area contributed by atoms with Crippen LogP contribution in [-0.4, -0.2) is 44.1 Å². The molecule has 8 nitrogen and oxygen atoms in total. The van der Waals surface area contributed by atoms with Crippen LogP contribution >= 0.6 is 22.9 Å². The first kappa shape index (κ1) is 27.6. The van der Waals surface area contributed by atoms with Crippen molar-refractivity contribution in [2.45, 2.75) is 26.8 Å². The number of hydrogen-bond donors (Lipinski definition) is 0. The molecule has 1 aromatic heterocycles. The molecule has 4 rings (SSSR count). The molecule has 2 aromatic carbocycles. The standard InChI is InChI=1S/C28H29ClN2O6S/c1-5-35-21-12-7-18(15-22(21)36-6-2)16-23-26(32)31-25(19-8-10-20(29)11-9-19)24(17(3)30-28(31)38-23)27(33)37-14-13-34-4/h7-12,15-16,25H,5-6,13-14H2,1-4H3. The van der Waals surface area contributed by atoms with E-state index in [1.165, 1.54) is 23.0 Å². The van der Waals surface area contributed by atoms with Crippen molar-refractivity contribution in [3.63, 3.8) is 0 Å². The molecule has 1 unspecified atom stereocenters. The Kier molecular flexibility index (Phi) is 9.04. The minimum absolute atomic E-state index is 0.0871. The predicted octanol–water partition coefficient (Wildman–Crippen LogP) is 3.88. The minimum Gasteiger partial charge on any atom is -0.490 e. The summed E-state index contributed by atoms with van der Waals surface area (Å²) in [4.78, 5) is 32.1. The largest absolute Gasteiger partial charge is 0.490 e. The Morgan fingerprint density at radius 1 is 1.08 bits per heavy atom. The monoisotopic (exact) mass is 556 g/mol. The first-order chi connectivity index (χ1) is 18.4. The number of benzene rings is 2. The van der Waals surface area contributed by atoms with Crippen LogP contribution < -0.4 is 24.4 Å². The van der Waals surface area contributed by atoms with E-state index in [4.69, 9.17) is 30.5 Å². The number of halogens is 1. The fraction of sp³-hybridized carbons (Fsp3) is 0.321. The Hall–Kier alpha value is -3.40. The maximum absolute atomic E-state index is 13.8. The number of carbonyl (C=O) groups is 1. The predicted molar refractivity (Wildman–Crippen MR) is 147 cm³/mol. The van der Waals surface area contributed by atoms with Gasteiger partial charge in [-0.2, -0.15) is 0 Å². The molecule has 0 radical (unpaired) electrons. The summed E-state index contributed by atoms with van der Waals surface area (Å²) in [5.74, 6) is 0.695. The lowest BCUT2D eigenvalue weighted by molar-refractivity contribution is -0.140. The maximum atomic E-state index is 13.8. The summed E-state index contributed by atoms with van der Waals surface area (Å²) in [6.07, 6.45) is 1.79. The third kappa shape index (κ3) is 5.85. The summed E-state index contributed by atoms with van der Waals surface area (Å²) in [6, 6.07) is 11.9. The normalized spacial score (nSPS) is 15.2. The molecule has 0 aliphatic carbocycles. The molecule has 0 saturated heterocycles. The summed E-state index contributed by atoms with van der Waals surface area (Å²) in [7, 11) is 1.53. The molecule has 0 N–H and O–H groups in total. The second kappa shape index (κ2) is 12.4. The zero-order valence-electron chi connectivity index (χ0n) is 21.7. The zero-order chi connectivity index (χ0) is 27.2. The number of aromatic nitrogens is 1. The minimum atomic E-state index is -0.722. The average molecular weight is 557 g/mol. The smallest absolute Gasteiger partial charge is 0.338 e. The van der Waals surface area contributed by atoms with E-state index in [9.17, 15) is 9.59 Å². The van der Waals surface area contributed by atoms with Crippen LogP contribution in [0.1, 0.15) is 37.9 Å². The molecule has 3 aromatic rings. The topological polar surface area (TPSA) is 88.4 Å². The van der Waals surface area contributed by atoms with Crippen molar-refractivity contribution >= 4 is 35.0 Å². The number of rotatable bonds is 10. The molecule has 0 saturated carbocycles. The molecular weight excluding hydrogens is 528 g/mol. The van der Waals surface area contributed by atoms with Gasteiger partial charge in [0.25, 0.3) is 5.56 Å². The van der Waals surface area contributed by atoms with Gasteiger partial charge in [0.15, 0.2) is 16.3 Å². The molecule has 1 aliphatic rings. The Morgan fingerprint density at radius 3 is 2.47 bits per heavy atom. The number of fused-ring (bicyclic) bond motifs is 1. The van der Waals surface area contributed by atoms with E-state index in [-0.39, 0.29) is 18.8 Å². The first-order valence-electron chi connectivity index (χ1n) is 12.2. The summed E-state index contributed by atoms with van der Waals surface area (Å²) in [5.41, 5.74) is 2.01. The number of nitrogens with zero attached hydrogens (tertiary/aromatic N) is 2. The number of ether oxygens (including phenoxy) is 4. The molecule has 38 heavy (non-hydrogen) atoms. The fourth-order valence-electron chi connectivity index (χ4n) is 4.15. The molecular formula is C28H29ClN2O6S. The number of esters is 1. The number of hydrogen-bond acceptors (Lipinski definition) is 8. The number of allylic oxidation sites excluding steroid dienone is 1. The van der Waals surface area contributed by atoms with Gasteiger partial charge in [-0.15, -0.1) is 0 Å². The number of carbonyl (C=O) groups excluding carboxylic acids is 1. The van der Waals surface area contributed by atoms with Crippen LogP contribution in [0.3, 0.4) is 0 Å². The lowest BCUT2D eigenvalue weighted by Crippen LogP contribution is -2.40. The Bertz CT molecular complexity index is 1520. The molecule has 200 valence electrons. The van der Waals surface area contributed by atoms with Gasteiger partial charge in [0.1, 0.15) is 6.61 Å².